The van der Waals surface area contributed by atoms with Gasteiger partial charge in [0.15, 0.2) is 0 Å². The van der Waals surface area contributed by atoms with Gasteiger partial charge in [0.25, 0.3) is 0 Å². The van der Waals surface area contributed by atoms with E-state index in [0.717, 1.165) is 17.5 Å². The molecule has 3 atom stereocenters. The number of urea groups is 1. The van der Waals surface area contributed by atoms with Crippen LogP contribution in [0.2, 0.25) is 5.02 Å². The lowest BCUT2D eigenvalue weighted by molar-refractivity contribution is -0.0585. The van der Waals surface area contributed by atoms with Crippen LogP contribution in [0.25, 0.3) is 0 Å². The Hall–Kier alpha value is -2.03. The van der Waals surface area contributed by atoms with Crippen molar-refractivity contribution in [2.45, 2.75) is 65.3 Å². The number of carbonyl (C=O) groups excluding carboxylic acids is 1. The minimum Gasteiger partial charge on any atom is -0.465 e. The number of halogens is 1. The zero-order valence-corrected chi connectivity index (χ0v) is 21.3. The Bertz CT molecular complexity index is 929. The molecule has 2 saturated heterocycles. The highest BCUT2D eigenvalue weighted by atomic mass is 35.5. The molecular formula is C25H36ClN3O5. The summed E-state index contributed by atoms with van der Waals surface area (Å²) in [6.45, 7) is 11.7. The molecule has 9 heteroatoms. The molecule has 0 bridgehead atoms. The number of ether oxygens (including phenoxy) is 2. The molecule has 0 saturated carbocycles. The first kappa shape index (κ1) is 25.1. The second-order valence-electron chi connectivity index (χ2n) is 10.6. The first-order chi connectivity index (χ1) is 16.0. The summed E-state index contributed by atoms with van der Waals surface area (Å²) >= 11 is 6.50. The quantitative estimate of drug-likeness (QED) is 0.691. The van der Waals surface area contributed by atoms with Gasteiger partial charge in [-0.1, -0.05) is 25.4 Å². The van der Waals surface area contributed by atoms with Crippen molar-refractivity contribution in [3.05, 3.63) is 33.8 Å². The number of hydrogen-bond acceptors (Lipinski definition) is 4. The summed E-state index contributed by atoms with van der Waals surface area (Å²) in [4.78, 5) is 30.5. The molecule has 0 radical (unpaired) electrons. The van der Waals surface area contributed by atoms with Crippen LogP contribution in [0.15, 0.2) is 12.1 Å². The summed E-state index contributed by atoms with van der Waals surface area (Å²) in [6, 6.07) is 3.77. The number of nitrogens with zero attached hydrogens (tertiary/aromatic N) is 3. The molecule has 188 valence electrons. The predicted molar refractivity (Wildman–Crippen MR) is 129 cm³/mol. The summed E-state index contributed by atoms with van der Waals surface area (Å²) in [5.74, 6) is 0. The van der Waals surface area contributed by atoms with Crippen LogP contribution in [0.1, 0.15) is 44.4 Å². The lowest BCUT2D eigenvalue weighted by Crippen LogP contribution is -2.55. The van der Waals surface area contributed by atoms with Crippen molar-refractivity contribution >= 4 is 23.7 Å². The molecule has 8 nitrogen and oxygen atoms in total. The van der Waals surface area contributed by atoms with Crippen LogP contribution in [-0.4, -0.2) is 89.6 Å². The fourth-order valence-electron chi connectivity index (χ4n) is 5.65. The average molecular weight is 494 g/mol. The maximum atomic E-state index is 13.4. The van der Waals surface area contributed by atoms with E-state index < -0.39 is 6.09 Å². The van der Waals surface area contributed by atoms with Gasteiger partial charge >= 0.3 is 12.1 Å². The van der Waals surface area contributed by atoms with E-state index in [0.29, 0.717) is 57.4 Å². The highest BCUT2D eigenvalue weighted by molar-refractivity contribution is 6.30. The molecule has 3 amide bonds. The van der Waals surface area contributed by atoms with E-state index in [1.807, 2.05) is 35.8 Å². The van der Waals surface area contributed by atoms with Crippen molar-refractivity contribution in [2.24, 2.45) is 5.41 Å². The molecule has 1 aromatic carbocycles. The van der Waals surface area contributed by atoms with Crippen molar-refractivity contribution in [1.82, 2.24) is 14.7 Å². The van der Waals surface area contributed by atoms with Gasteiger partial charge in [0, 0.05) is 37.7 Å². The van der Waals surface area contributed by atoms with Crippen LogP contribution >= 0.6 is 11.6 Å². The van der Waals surface area contributed by atoms with Gasteiger partial charge in [0.2, 0.25) is 0 Å². The Morgan fingerprint density at radius 3 is 2.53 bits per heavy atom. The van der Waals surface area contributed by atoms with E-state index in [2.05, 4.69) is 13.8 Å². The number of rotatable bonds is 3. The number of amides is 3. The Labute approximate surface area is 206 Å². The zero-order valence-electron chi connectivity index (χ0n) is 20.6. The smallest absolute Gasteiger partial charge is 0.407 e. The van der Waals surface area contributed by atoms with Crippen molar-refractivity contribution in [1.29, 1.82) is 0 Å². The molecule has 3 aliphatic heterocycles. The zero-order chi connectivity index (χ0) is 24.6. The topological polar surface area (TPSA) is 82.6 Å². The predicted octanol–water partition coefficient (Wildman–Crippen LogP) is 3.87. The van der Waals surface area contributed by atoms with Crippen molar-refractivity contribution in [3.63, 3.8) is 0 Å². The van der Waals surface area contributed by atoms with Gasteiger partial charge in [0.05, 0.1) is 31.5 Å². The Balaban J connectivity index is 1.56. The number of fused-ring (bicyclic) bond motifs is 1. The third-order valence-corrected chi connectivity index (χ3v) is 7.50. The second-order valence-corrected chi connectivity index (χ2v) is 11.0. The Kier molecular flexibility index (Phi) is 7.31. The molecule has 0 unspecified atom stereocenters. The van der Waals surface area contributed by atoms with Crippen LogP contribution in [0.3, 0.4) is 0 Å². The SMILES string of the molecule is C[C@@H]1CN(C(=O)N2CCc3cc(Cl)cc(CC(C)(C)[C@@H]4COCCN4C(=O)O)c3C2)C[C@H](C)O1. The van der Waals surface area contributed by atoms with Gasteiger partial charge in [-0.25, -0.2) is 9.59 Å². The first-order valence-electron chi connectivity index (χ1n) is 12.1. The molecule has 0 spiro atoms. The second kappa shape index (κ2) is 9.91. The Morgan fingerprint density at radius 1 is 1.15 bits per heavy atom. The minimum absolute atomic E-state index is 0.0230. The van der Waals surface area contributed by atoms with E-state index in [-0.39, 0.29) is 29.7 Å². The van der Waals surface area contributed by atoms with Crippen LogP contribution in [-0.2, 0) is 28.9 Å². The molecule has 1 aromatic rings. The highest BCUT2D eigenvalue weighted by Crippen LogP contribution is 2.36. The van der Waals surface area contributed by atoms with Crippen molar-refractivity contribution in [3.8, 4) is 0 Å². The monoisotopic (exact) mass is 493 g/mol. The average Bonchev–Trinajstić information content (AvgIpc) is 2.77. The molecule has 2 fully saturated rings. The third kappa shape index (κ3) is 5.29. The number of hydrogen-bond donors (Lipinski definition) is 1. The number of carboxylic acid groups (broad SMARTS) is 1. The number of morpholine rings is 2. The summed E-state index contributed by atoms with van der Waals surface area (Å²) in [6.07, 6.45) is 0.518. The van der Waals surface area contributed by atoms with E-state index in [9.17, 15) is 14.7 Å². The number of carbonyl (C=O) groups is 2. The summed E-state index contributed by atoms with van der Waals surface area (Å²) in [7, 11) is 0. The van der Waals surface area contributed by atoms with Crippen LogP contribution in [0, 0.1) is 5.41 Å². The molecule has 3 aliphatic rings. The molecule has 34 heavy (non-hydrogen) atoms. The van der Waals surface area contributed by atoms with Crippen molar-refractivity contribution < 1.29 is 24.2 Å². The number of benzene rings is 1. The molecule has 0 aromatic heterocycles. The van der Waals surface area contributed by atoms with E-state index in [1.54, 1.807) is 0 Å². The van der Waals surface area contributed by atoms with Crippen molar-refractivity contribution in [2.75, 3.05) is 39.4 Å². The highest BCUT2D eigenvalue weighted by Gasteiger charge is 2.40. The van der Waals surface area contributed by atoms with Gasteiger partial charge in [0.1, 0.15) is 0 Å². The van der Waals surface area contributed by atoms with Gasteiger partial charge in [-0.05, 0) is 60.9 Å². The lowest BCUT2D eigenvalue weighted by atomic mass is 9.76. The minimum atomic E-state index is -0.916. The molecule has 4 rings (SSSR count). The maximum absolute atomic E-state index is 13.4. The third-order valence-electron chi connectivity index (χ3n) is 7.28. The largest absolute Gasteiger partial charge is 0.465 e. The maximum Gasteiger partial charge on any atom is 0.407 e. The van der Waals surface area contributed by atoms with Gasteiger partial charge in [-0.2, -0.15) is 0 Å². The summed E-state index contributed by atoms with van der Waals surface area (Å²) in [5.41, 5.74) is 2.99. The normalized spacial score (nSPS) is 25.8. The Morgan fingerprint density at radius 2 is 1.85 bits per heavy atom. The van der Waals surface area contributed by atoms with Crippen LogP contribution in [0.5, 0.6) is 0 Å². The van der Waals surface area contributed by atoms with Crippen LogP contribution < -0.4 is 0 Å². The molecule has 1 N–H and O–H groups in total. The van der Waals surface area contributed by atoms with E-state index in [1.165, 1.54) is 10.5 Å². The van der Waals surface area contributed by atoms with Gasteiger partial charge in [-0.3, -0.25) is 0 Å². The summed E-state index contributed by atoms with van der Waals surface area (Å²) in [5, 5.41) is 10.4. The standard InChI is InChI=1S/C25H36ClN3O5/c1-16-12-28(13-17(2)34-16)23(30)27-6-5-18-9-20(26)10-19(21(18)14-27)11-25(3,4)22-15-33-8-7-29(22)24(31)32/h9-10,16-17,22H,5-8,11-15H2,1-4H3,(H,31,32)/t16-,17+,22-/m0/s1. The fraction of sp³-hybridized carbons (Fsp3) is 0.680. The molecular weight excluding hydrogens is 458 g/mol. The van der Waals surface area contributed by atoms with E-state index >= 15 is 0 Å². The summed E-state index contributed by atoms with van der Waals surface area (Å²) < 4.78 is 11.5. The molecule has 3 heterocycles. The molecule has 0 aliphatic carbocycles. The lowest BCUT2D eigenvalue weighted by Gasteiger charge is -2.44. The fourth-order valence-corrected chi connectivity index (χ4v) is 5.91. The van der Waals surface area contributed by atoms with Gasteiger partial charge in [-0.15, -0.1) is 0 Å². The van der Waals surface area contributed by atoms with E-state index in [4.69, 9.17) is 21.1 Å². The van der Waals surface area contributed by atoms with Gasteiger partial charge < -0.3 is 29.3 Å². The first-order valence-corrected chi connectivity index (χ1v) is 12.5. The van der Waals surface area contributed by atoms with Crippen LogP contribution in [0.4, 0.5) is 9.59 Å².